The van der Waals surface area contributed by atoms with Crippen LogP contribution in [0.25, 0.3) is 0 Å². The predicted molar refractivity (Wildman–Crippen MR) is 164 cm³/mol. The molecule has 0 heterocycles. The number of rotatable bonds is 14. The summed E-state index contributed by atoms with van der Waals surface area (Å²) in [6, 6.07) is 15.8. The van der Waals surface area contributed by atoms with Crippen LogP contribution in [0.5, 0.6) is 5.75 Å². The maximum Gasteiger partial charge on any atom is 0.341 e. The molecule has 0 bridgehead atoms. The van der Waals surface area contributed by atoms with Gasteiger partial charge in [0.25, 0.3) is 0 Å². The van der Waals surface area contributed by atoms with Crippen LogP contribution in [0.15, 0.2) is 66.7 Å². The second-order valence-electron chi connectivity index (χ2n) is 10.1. The van der Waals surface area contributed by atoms with E-state index in [1.807, 2.05) is 0 Å². The highest BCUT2D eigenvalue weighted by atomic mass is 16.6. The van der Waals surface area contributed by atoms with Gasteiger partial charge in [0.1, 0.15) is 22.5 Å². The van der Waals surface area contributed by atoms with Crippen molar-refractivity contribution < 1.29 is 61.9 Å². The fourth-order valence-corrected chi connectivity index (χ4v) is 4.36. The fraction of sp³-hybridized carbons (Fsp3) is 0.294. The van der Waals surface area contributed by atoms with E-state index in [0.717, 1.165) is 0 Å². The van der Waals surface area contributed by atoms with Crippen molar-refractivity contribution in [2.45, 2.75) is 25.4 Å². The van der Waals surface area contributed by atoms with Gasteiger partial charge in [-0.05, 0) is 55.5 Å². The average Bonchev–Trinajstić information content (AvgIpc) is 3.09. The molecule has 248 valence electrons. The van der Waals surface area contributed by atoms with Gasteiger partial charge >= 0.3 is 35.8 Å². The van der Waals surface area contributed by atoms with E-state index in [9.17, 15) is 28.8 Å². The molecule has 0 radical (unpaired) electrons. The largest absolute Gasteiger partial charge is 0.495 e. The summed E-state index contributed by atoms with van der Waals surface area (Å²) in [4.78, 5) is 74.9. The molecule has 0 aliphatic carbocycles. The minimum Gasteiger partial charge on any atom is -0.495 e. The quantitative estimate of drug-likeness (QED) is 0.177. The van der Waals surface area contributed by atoms with Crippen LogP contribution in [-0.2, 0) is 28.4 Å². The van der Waals surface area contributed by atoms with E-state index >= 15 is 0 Å². The second-order valence-corrected chi connectivity index (χ2v) is 10.1. The summed E-state index contributed by atoms with van der Waals surface area (Å²) in [5.41, 5.74) is -0.923. The first-order valence-electron chi connectivity index (χ1n) is 14.2. The van der Waals surface area contributed by atoms with E-state index in [1.54, 1.807) is 6.92 Å². The lowest BCUT2D eigenvalue weighted by Crippen LogP contribution is -2.35. The van der Waals surface area contributed by atoms with Crippen molar-refractivity contribution in [2.24, 2.45) is 0 Å². The Morgan fingerprint density at radius 1 is 0.532 bits per heavy atom. The molecular formula is C34H34O13. The topological polar surface area (TPSA) is 167 Å². The number of hydrogen-bond acceptors (Lipinski definition) is 13. The molecule has 0 N–H and O–H groups in total. The van der Waals surface area contributed by atoms with Gasteiger partial charge in [0.15, 0.2) is 0 Å². The molecule has 13 heteroatoms. The number of para-hydroxylation sites is 1. The normalized spacial score (nSPS) is 11.7. The number of esters is 6. The summed E-state index contributed by atoms with van der Waals surface area (Å²) in [5, 5.41) is 0. The summed E-state index contributed by atoms with van der Waals surface area (Å²) in [6.07, 6.45) is -0.0773. The summed E-state index contributed by atoms with van der Waals surface area (Å²) < 4.78 is 36.1. The highest BCUT2D eigenvalue weighted by Crippen LogP contribution is 2.27. The minimum absolute atomic E-state index is 0.0244. The van der Waals surface area contributed by atoms with Crippen LogP contribution in [0, 0.1) is 0 Å². The van der Waals surface area contributed by atoms with Crippen LogP contribution in [0.3, 0.4) is 0 Å². The SMILES string of the molecule is COC(=O)c1cccc(C(=O)OCCC(C)(CCOC(=O)c2cccc(C(=O)OC)c2OC)OC(=O)c2cccc(C(=O)OC)c2)c1. The zero-order chi connectivity index (χ0) is 34.6. The Balaban J connectivity index is 1.77. The van der Waals surface area contributed by atoms with Gasteiger partial charge in [-0.3, -0.25) is 0 Å². The predicted octanol–water partition coefficient (Wildman–Crippen LogP) is 4.46. The summed E-state index contributed by atoms with van der Waals surface area (Å²) in [5.74, 6) is -4.37. The van der Waals surface area contributed by atoms with Gasteiger partial charge in [-0.15, -0.1) is 0 Å². The minimum atomic E-state index is -1.36. The van der Waals surface area contributed by atoms with Gasteiger partial charge in [0, 0.05) is 12.8 Å². The van der Waals surface area contributed by atoms with Crippen molar-refractivity contribution in [1.29, 1.82) is 0 Å². The number of hydrogen-bond donors (Lipinski definition) is 0. The average molecular weight is 651 g/mol. The van der Waals surface area contributed by atoms with Crippen molar-refractivity contribution >= 4 is 35.8 Å². The Kier molecular flexibility index (Phi) is 12.6. The molecule has 13 nitrogen and oxygen atoms in total. The smallest absolute Gasteiger partial charge is 0.341 e. The number of carbonyl (C=O) groups is 6. The zero-order valence-electron chi connectivity index (χ0n) is 26.5. The molecule has 1 unspecified atom stereocenters. The maximum absolute atomic E-state index is 13.2. The highest BCUT2D eigenvalue weighted by molar-refractivity contribution is 6.00. The van der Waals surface area contributed by atoms with Crippen LogP contribution in [0.2, 0.25) is 0 Å². The maximum atomic E-state index is 13.2. The Morgan fingerprint density at radius 3 is 1.40 bits per heavy atom. The van der Waals surface area contributed by atoms with E-state index in [0.29, 0.717) is 0 Å². The molecule has 0 saturated heterocycles. The van der Waals surface area contributed by atoms with E-state index in [-0.39, 0.29) is 65.2 Å². The molecule has 3 aromatic rings. The molecule has 3 rings (SSSR count). The third-order valence-electron chi connectivity index (χ3n) is 6.95. The molecule has 0 amide bonds. The van der Waals surface area contributed by atoms with Crippen molar-refractivity contribution in [2.75, 3.05) is 41.7 Å². The molecule has 0 fully saturated rings. The molecule has 0 aliphatic rings. The van der Waals surface area contributed by atoms with E-state index in [4.69, 9.17) is 28.4 Å². The van der Waals surface area contributed by atoms with Gasteiger partial charge in [-0.2, -0.15) is 0 Å². The lowest BCUT2D eigenvalue weighted by atomic mass is 9.98. The first-order valence-corrected chi connectivity index (χ1v) is 14.2. The van der Waals surface area contributed by atoms with Crippen LogP contribution < -0.4 is 4.74 Å². The fourth-order valence-electron chi connectivity index (χ4n) is 4.36. The monoisotopic (exact) mass is 650 g/mol. The standard InChI is InChI=1S/C34H34O13/c1-34(47-31(38)24-12-7-10-22(20-24)29(36)43-4,15-17-45-30(37)23-11-6-9-21(19-23)28(35)42-3)16-18-46-33(40)26-14-8-13-25(27(26)41-2)32(39)44-5/h6-14,19-20H,15-18H2,1-5H3. The number of benzene rings is 3. The first kappa shape index (κ1) is 35.8. The molecule has 0 saturated carbocycles. The summed E-state index contributed by atoms with van der Waals surface area (Å²) >= 11 is 0. The van der Waals surface area contributed by atoms with E-state index < -0.39 is 41.4 Å². The van der Waals surface area contributed by atoms with Crippen molar-refractivity contribution in [3.63, 3.8) is 0 Å². The van der Waals surface area contributed by atoms with Crippen LogP contribution in [-0.4, -0.2) is 83.1 Å². The Morgan fingerprint density at radius 2 is 0.936 bits per heavy atom. The first-order chi connectivity index (χ1) is 22.5. The molecule has 0 spiro atoms. The third kappa shape index (κ3) is 9.39. The Labute approximate surface area is 270 Å². The number of carbonyl (C=O) groups excluding carboxylic acids is 6. The lowest BCUT2D eigenvalue weighted by molar-refractivity contribution is -0.0358. The second kappa shape index (κ2) is 16.5. The van der Waals surface area contributed by atoms with Gasteiger partial charge < -0.3 is 33.2 Å². The van der Waals surface area contributed by atoms with Gasteiger partial charge in [-0.25, -0.2) is 28.8 Å². The van der Waals surface area contributed by atoms with Gasteiger partial charge in [0.05, 0.1) is 63.9 Å². The zero-order valence-corrected chi connectivity index (χ0v) is 26.5. The Hall–Kier alpha value is -5.72. The molecular weight excluding hydrogens is 616 g/mol. The van der Waals surface area contributed by atoms with Crippen molar-refractivity contribution in [1.82, 2.24) is 0 Å². The van der Waals surface area contributed by atoms with Crippen LogP contribution in [0.1, 0.15) is 81.9 Å². The van der Waals surface area contributed by atoms with Crippen LogP contribution >= 0.6 is 0 Å². The third-order valence-corrected chi connectivity index (χ3v) is 6.95. The number of methoxy groups -OCH3 is 4. The lowest BCUT2D eigenvalue weighted by Gasteiger charge is -2.29. The molecule has 0 aliphatic heterocycles. The summed E-state index contributed by atoms with van der Waals surface area (Å²) in [6.45, 7) is 1.08. The molecule has 47 heavy (non-hydrogen) atoms. The Bertz CT molecular complexity index is 1640. The van der Waals surface area contributed by atoms with Crippen molar-refractivity contribution in [3.8, 4) is 5.75 Å². The van der Waals surface area contributed by atoms with Gasteiger partial charge in [0.2, 0.25) is 0 Å². The van der Waals surface area contributed by atoms with Gasteiger partial charge in [-0.1, -0.05) is 18.2 Å². The van der Waals surface area contributed by atoms with E-state index in [2.05, 4.69) is 4.74 Å². The molecule has 1 atom stereocenters. The molecule has 0 aromatic heterocycles. The van der Waals surface area contributed by atoms with Crippen LogP contribution in [0.4, 0.5) is 0 Å². The molecule has 3 aromatic carbocycles. The number of ether oxygens (including phenoxy) is 7. The van der Waals surface area contributed by atoms with E-state index in [1.165, 1.54) is 95.2 Å². The van der Waals surface area contributed by atoms with Crippen molar-refractivity contribution in [3.05, 3.63) is 100 Å². The summed E-state index contributed by atoms with van der Waals surface area (Å²) in [7, 11) is 4.91. The highest BCUT2D eigenvalue weighted by Gasteiger charge is 2.31.